The van der Waals surface area contributed by atoms with Gasteiger partial charge in [0.05, 0.1) is 11.1 Å². The van der Waals surface area contributed by atoms with Crippen molar-refractivity contribution in [1.82, 2.24) is 25.0 Å². The standard InChI is InChI=1S/C40H45FN6O5/c1-44(2)15-9-6-14-42-40(50)29-24-47-31-22-33-27(26-10-4-5-11-32(26)51-33)21-34(31)52-39-36(47)28(38(29)49)20-30(41)37(39)46-19-12-25(23-46)43-35(48)13-18-45-16-7-3-8-17-45/h4-5,10-11,20-22,24-25H,3,6-9,12-19,23H2,1-2H3,(H,42,50)(H,43,48)/t25-/m1/s1. The van der Waals surface area contributed by atoms with Gasteiger partial charge in [-0.25, -0.2) is 4.39 Å². The average molecular weight is 709 g/mol. The van der Waals surface area contributed by atoms with Crippen molar-refractivity contribution in [2.75, 3.05) is 64.8 Å². The fourth-order valence-electron chi connectivity index (χ4n) is 7.95. The molecule has 2 saturated heterocycles. The van der Waals surface area contributed by atoms with Crippen LogP contribution in [0.15, 0.2) is 57.9 Å². The minimum Gasteiger partial charge on any atom is -0.456 e. The number of halogens is 1. The van der Waals surface area contributed by atoms with Gasteiger partial charge in [0, 0.05) is 61.7 Å². The third-order valence-corrected chi connectivity index (χ3v) is 10.6. The van der Waals surface area contributed by atoms with Crippen molar-refractivity contribution in [2.24, 2.45) is 0 Å². The zero-order valence-corrected chi connectivity index (χ0v) is 29.8. The Morgan fingerprint density at radius 2 is 1.81 bits per heavy atom. The van der Waals surface area contributed by atoms with Crippen LogP contribution in [0, 0.1) is 5.82 Å². The number of amides is 2. The Morgan fingerprint density at radius 3 is 2.63 bits per heavy atom. The number of rotatable bonds is 11. The van der Waals surface area contributed by atoms with Gasteiger partial charge in [-0.2, -0.15) is 0 Å². The smallest absolute Gasteiger partial charge is 0.256 e. The molecule has 2 N–H and O–H groups in total. The number of hydrogen-bond acceptors (Lipinski definition) is 8. The number of nitrogens with zero attached hydrogens (tertiary/aromatic N) is 4. The second kappa shape index (κ2) is 14.2. The number of benzene rings is 3. The summed E-state index contributed by atoms with van der Waals surface area (Å²) in [5.41, 5.74) is 1.86. The first-order valence-corrected chi connectivity index (χ1v) is 18.5. The summed E-state index contributed by atoms with van der Waals surface area (Å²) in [4.78, 5) is 46.7. The van der Waals surface area contributed by atoms with Crippen molar-refractivity contribution < 1.29 is 23.1 Å². The largest absolute Gasteiger partial charge is 0.456 e. The monoisotopic (exact) mass is 708 g/mol. The number of ether oxygens (including phenoxy) is 1. The fraction of sp³-hybridized carbons (Fsp3) is 0.425. The van der Waals surface area contributed by atoms with Crippen LogP contribution in [0.1, 0.15) is 55.3 Å². The van der Waals surface area contributed by atoms with Crippen molar-refractivity contribution in [3.63, 3.8) is 0 Å². The molecule has 0 radical (unpaired) electrons. The highest BCUT2D eigenvalue weighted by Crippen LogP contribution is 2.49. The summed E-state index contributed by atoms with van der Waals surface area (Å²) in [6.07, 6.45) is 7.86. The molecule has 3 aromatic carbocycles. The van der Waals surface area contributed by atoms with Crippen LogP contribution in [0.3, 0.4) is 0 Å². The van der Waals surface area contributed by atoms with Crippen LogP contribution in [0.25, 0.3) is 38.5 Å². The van der Waals surface area contributed by atoms with E-state index < -0.39 is 17.2 Å². The summed E-state index contributed by atoms with van der Waals surface area (Å²) in [7, 11) is 4.00. The van der Waals surface area contributed by atoms with E-state index in [0.717, 1.165) is 49.8 Å². The molecule has 11 nitrogen and oxygen atoms in total. The molecule has 2 amide bonds. The van der Waals surface area contributed by atoms with Gasteiger partial charge in [0.1, 0.15) is 27.9 Å². The summed E-state index contributed by atoms with van der Waals surface area (Å²) in [5, 5.41) is 7.85. The van der Waals surface area contributed by atoms with Crippen molar-refractivity contribution in [1.29, 1.82) is 0 Å². The quantitative estimate of drug-likeness (QED) is 0.163. The number of unbranched alkanes of at least 4 members (excludes halogenated alkanes) is 1. The highest BCUT2D eigenvalue weighted by atomic mass is 19.1. The number of fused-ring (bicyclic) bond motifs is 5. The van der Waals surface area contributed by atoms with Gasteiger partial charge in [-0.1, -0.05) is 24.6 Å². The first-order chi connectivity index (χ1) is 25.2. The molecule has 3 aliphatic heterocycles. The molecule has 8 rings (SSSR count). The van der Waals surface area contributed by atoms with E-state index in [-0.39, 0.29) is 34.3 Å². The zero-order chi connectivity index (χ0) is 35.9. The molecule has 5 aromatic rings. The number of pyridine rings is 1. The van der Waals surface area contributed by atoms with Gasteiger partial charge in [0.15, 0.2) is 17.3 Å². The van der Waals surface area contributed by atoms with Gasteiger partial charge in [0.2, 0.25) is 11.3 Å². The average Bonchev–Trinajstić information content (AvgIpc) is 3.74. The number of likely N-dealkylation sites (tertiary alicyclic amines) is 1. The van der Waals surface area contributed by atoms with E-state index in [1.807, 2.05) is 55.4 Å². The lowest BCUT2D eigenvalue weighted by atomic mass is 10.0. The molecular formula is C40H45FN6O5. The lowest BCUT2D eigenvalue weighted by molar-refractivity contribution is -0.122. The molecule has 2 fully saturated rings. The number of nitrogens with one attached hydrogen (secondary N) is 2. The van der Waals surface area contributed by atoms with Crippen LogP contribution in [-0.4, -0.2) is 92.1 Å². The van der Waals surface area contributed by atoms with E-state index in [2.05, 4.69) is 20.4 Å². The van der Waals surface area contributed by atoms with Crippen LogP contribution in [0.4, 0.5) is 10.1 Å². The number of carbonyl (C=O) groups is 2. The topological polar surface area (TPSA) is 112 Å². The number of aromatic nitrogens is 1. The lowest BCUT2D eigenvalue weighted by Crippen LogP contribution is -2.39. The molecule has 272 valence electrons. The molecule has 0 saturated carbocycles. The number of furan rings is 1. The maximum atomic E-state index is 16.5. The highest BCUT2D eigenvalue weighted by Gasteiger charge is 2.34. The molecule has 12 heteroatoms. The first-order valence-electron chi connectivity index (χ1n) is 18.5. The van der Waals surface area contributed by atoms with Crippen LogP contribution < -0.4 is 25.7 Å². The van der Waals surface area contributed by atoms with Crippen LogP contribution in [0.2, 0.25) is 0 Å². The maximum Gasteiger partial charge on any atom is 0.256 e. The summed E-state index contributed by atoms with van der Waals surface area (Å²) in [6.45, 7) is 5.00. The first kappa shape index (κ1) is 34.2. The molecule has 2 aromatic heterocycles. The van der Waals surface area contributed by atoms with Crippen LogP contribution in [-0.2, 0) is 4.79 Å². The zero-order valence-electron chi connectivity index (χ0n) is 29.8. The summed E-state index contributed by atoms with van der Waals surface area (Å²) < 4.78 is 31.0. The third kappa shape index (κ3) is 6.49. The van der Waals surface area contributed by atoms with Crippen molar-refractivity contribution in [3.8, 4) is 17.2 Å². The molecular weight excluding hydrogens is 663 g/mol. The third-order valence-electron chi connectivity index (χ3n) is 10.6. The van der Waals surface area contributed by atoms with Crippen molar-refractivity contribution >= 4 is 50.3 Å². The number of piperidine rings is 1. The Hall–Kier alpha value is -4.94. The predicted molar refractivity (Wildman–Crippen MR) is 201 cm³/mol. The fourth-order valence-corrected chi connectivity index (χ4v) is 7.95. The van der Waals surface area contributed by atoms with E-state index in [4.69, 9.17) is 9.15 Å². The Labute approximate surface area is 301 Å². The second-order valence-electron chi connectivity index (χ2n) is 14.6. The summed E-state index contributed by atoms with van der Waals surface area (Å²) in [5.74, 6) is -0.484. The Morgan fingerprint density at radius 1 is 0.981 bits per heavy atom. The number of hydrogen-bond donors (Lipinski definition) is 2. The Balaban J connectivity index is 1.14. The Kier molecular flexibility index (Phi) is 9.35. The number of para-hydroxylation sites is 1. The van der Waals surface area contributed by atoms with Crippen LogP contribution >= 0.6 is 0 Å². The van der Waals surface area contributed by atoms with Gasteiger partial charge in [-0.15, -0.1) is 0 Å². The molecule has 0 aliphatic carbocycles. The summed E-state index contributed by atoms with van der Waals surface area (Å²) >= 11 is 0. The van der Waals surface area contributed by atoms with E-state index in [0.29, 0.717) is 60.6 Å². The van der Waals surface area contributed by atoms with Gasteiger partial charge in [0.25, 0.3) is 5.91 Å². The second-order valence-corrected chi connectivity index (χ2v) is 14.6. The highest BCUT2D eigenvalue weighted by molar-refractivity contribution is 6.07. The van der Waals surface area contributed by atoms with Crippen LogP contribution in [0.5, 0.6) is 11.5 Å². The Bertz CT molecular complexity index is 2240. The van der Waals surface area contributed by atoms with Gasteiger partial charge >= 0.3 is 0 Å². The maximum absolute atomic E-state index is 16.5. The van der Waals surface area contributed by atoms with Crippen molar-refractivity contribution in [3.05, 3.63) is 70.3 Å². The SMILES string of the molecule is CN(C)CCCCNC(=O)c1cn2c3c(c(N4CC[C@@H](NC(=O)CCN5CCCCC5)C4)c(F)cc3c1=O)Oc1cc3c(cc1-2)oc1ccccc13. The van der Waals surface area contributed by atoms with E-state index in [1.54, 1.807) is 4.57 Å². The lowest BCUT2D eigenvalue weighted by Gasteiger charge is -2.29. The predicted octanol–water partition coefficient (Wildman–Crippen LogP) is 5.78. The van der Waals surface area contributed by atoms with Gasteiger partial charge < -0.3 is 39.1 Å². The number of carbonyl (C=O) groups excluding carboxylic acids is 2. The van der Waals surface area contributed by atoms with Crippen molar-refractivity contribution in [2.45, 2.75) is 51.0 Å². The summed E-state index contributed by atoms with van der Waals surface area (Å²) in [6, 6.07) is 12.5. The minimum atomic E-state index is -0.622. The molecule has 0 spiro atoms. The van der Waals surface area contributed by atoms with Gasteiger partial charge in [-0.3, -0.25) is 14.4 Å². The molecule has 1 atom stereocenters. The van der Waals surface area contributed by atoms with E-state index in [1.165, 1.54) is 31.5 Å². The molecule has 5 heterocycles. The molecule has 0 unspecified atom stereocenters. The van der Waals surface area contributed by atoms with E-state index in [9.17, 15) is 14.4 Å². The molecule has 52 heavy (non-hydrogen) atoms. The molecule has 0 bridgehead atoms. The minimum absolute atomic E-state index is 0.00313. The normalized spacial score (nSPS) is 17.2. The van der Waals surface area contributed by atoms with E-state index >= 15 is 4.39 Å². The molecule has 3 aliphatic rings. The number of anilines is 1. The van der Waals surface area contributed by atoms with Gasteiger partial charge in [-0.05, 0) is 84.0 Å².